The number of hydrogen-bond donors (Lipinski definition) is 1. The van der Waals surface area contributed by atoms with Crippen LogP contribution in [-0.4, -0.2) is 19.4 Å². The van der Waals surface area contributed by atoms with Crippen molar-refractivity contribution in [2.45, 2.75) is 6.43 Å². The Morgan fingerprint density at radius 2 is 2.20 bits per heavy atom. The van der Waals surface area contributed by atoms with Crippen LogP contribution in [0.4, 0.5) is 14.5 Å². The fourth-order valence-corrected chi connectivity index (χ4v) is 1.14. The summed E-state index contributed by atoms with van der Waals surface area (Å²) in [5.74, 6) is -1.12. The van der Waals surface area contributed by atoms with Gasteiger partial charge in [-0.3, -0.25) is 4.79 Å². The van der Waals surface area contributed by atoms with Crippen molar-refractivity contribution in [2.24, 2.45) is 0 Å². The van der Waals surface area contributed by atoms with Gasteiger partial charge in [0.25, 0.3) is 5.91 Å². The normalized spacial score (nSPS) is 10.2. The highest BCUT2D eigenvalue weighted by atomic mass is 35.5. The molecule has 0 heterocycles. The second-order valence-electron chi connectivity index (χ2n) is 2.63. The van der Waals surface area contributed by atoms with Gasteiger partial charge < -0.3 is 10.1 Å². The molecule has 1 amide bonds. The lowest BCUT2D eigenvalue weighted by Gasteiger charge is -2.09. The minimum atomic E-state index is -3.08. The molecule has 0 atom stereocenters. The van der Waals surface area contributed by atoms with Crippen LogP contribution in [0.25, 0.3) is 0 Å². The van der Waals surface area contributed by atoms with E-state index < -0.39 is 12.3 Å². The summed E-state index contributed by atoms with van der Waals surface area (Å²) in [5.41, 5.74) is 0.121. The van der Waals surface area contributed by atoms with E-state index in [1.54, 1.807) is 0 Å². The van der Waals surface area contributed by atoms with Crippen LogP contribution in [-0.2, 0) is 4.79 Å². The number of rotatable bonds is 3. The monoisotopic (exact) mass is 235 g/mol. The molecule has 0 aromatic heterocycles. The number of halogens is 3. The number of methoxy groups -OCH3 is 1. The van der Waals surface area contributed by atoms with Gasteiger partial charge >= 0.3 is 6.43 Å². The van der Waals surface area contributed by atoms with Crippen molar-refractivity contribution in [3.05, 3.63) is 23.2 Å². The Bertz CT molecular complexity index is 371. The van der Waals surface area contributed by atoms with E-state index in [4.69, 9.17) is 16.3 Å². The van der Waals surface area contributed by atoms with E-state index >= 15 is 0 Å². The summed E-state index contributed by atoms with van der Waals surface area (Å²) < 4.78 is 28.8. The maximum Gasteiger partial charge on any atom is 0.315 e. The van der Waals surface area contributed by atoms with Crippen molar-refractivity contribution in [3.8, 4) is 5.75 Å². The average molecular weight is 236 g/mol. The third-order valence-electron chi connectivity index (χ3n) is 1.62. The van der Waals surface area contributed by atoms with Gasteiger partial charge in [-0.15, -0.1) is 0 Å². The van der Waals surface area contributed by atoms with Gasteiger partial charge in [0.1, 0.15) is 5.75 Å². The first-order valence-electron chi connectivity index (χ1n) is 3.97. The first-order valence-corrected chi connectivity index (χ1v) is 4.35. The smallest absolute Gasteiger partial charge is 0.315 e. The fraction of sp³-hybridized carbons (Fsp3) is 0.222. The molecule has 1 N–H and O–H groups in total. The van der Waals surface area contributed by atoms with E-state index in [0.29, 0.717) is 5.02 Å². The van der Waals surface area contributed by atoms with Crippen LogP contribution in [0.15, 0.2) is 18.2 Å². The molecule has 0 unspecified atom stereocenters. The Hall–Kier alpha value is -1.36. The second kappa shape index (κ2) is 4.93. The molecule has 15 heavy (non-hydrogen) atoms. The average Bonchev–Trinajstić information content (AvgIpc) is 2.18. The maximum absolute atomic E-state index is 12.0. The van der Waals surface area contributed by atoms with E-state index in [9.17, 15) is 13.6 Å². The summed E-state index contributed by atoms with van der Waals surface area (Å²) in [6, 6.07) is 4.34. The standard InChI is InChI=1S/C9H8ClF2NO2/c1-15-7-3-2-5(10)4-6(7)13-9(14)8(11)12/h2-4,8H,1H3,(H,13,14). The molecule has 1 aromatic rings. The molecule has 3 nitrogen and oxygen atoms in total. The van der Waals surface area contributed by atoms with Crippen molar-refractivity contribution >= 4 is 23.2 Å². The van der Waals surface area contributed by atoms with Crippen molar-refractivity contribution in [2.75, 3.05) is 12.4 Å². The summed E-state index contributed by atoms with van der Waals surface area (Å²) in [6.07, 6.45) is -3.08. The van der Waals surface area contributed by atoms with Gasteiger partial charge in [0.05, 0.1) is 12.8 Å². The largest absolute Gasteiger partial charge is 0.495 e. The molecule has 0 aliphatic heterocycles. The van der Waals surface area contributed by atoms with E-state index in [1.807, 2.05) is 5.32 Å². The predicted octanol–water partition coefficient (Wildman–Crippen LogP) is 2.55. The van der Waals surface area contributed by atoms with Crippen LogP contribution in [0.5, 0.6) is 5.75 Å². The number of anilines is 1. The van der Waals surface area contributed by atoms with Gasteiger partial charge in [0.2, 0.25) is 0 Å². The van der Waals surface area contributed by atoms with Crippen LogP contribution in [0.3, 0.4) is 0 Å². The Morgan fingerprint density at radius 1 is 1.53 bits per heavy atom. The number of benzene rings is 1. The molecular weight excluding hydrogens is 228 g/mol. The summed E-state index contributed by atoms with van der Waals surface area (Å²) in [5, 5.41) is 2.32. The zero-order chi connectivity index (χ0) is 11.4. The number of nitrogens with one attached hydrogen (secondary N) is 1. The van der Waals surface area contributed by atoms with E-state index in [2.05, 4.69) is 0 Å². The number of hydrogen-bond acceptors (Lipinski definition) is 2. The third-order valence-corrected chi connectivity index (χ3v) is 1.85. The van der Waals surface area contributed by atoms with Gasteiger partial charge in [-0.25, -0.2) is 0 Å². The van der Waals surface area contributed by atoms with Crippen LogP contribution < -0.4 is 10.1 Å². The molecule has 82 valence electrons. The highest BCUT2D eigenvalue weighted by molar-refractivity contribution is 6.31. The van der Waals surface area contributed by atoms with Crippen molar-refractivity contribution < 1.29 is 18.3 Å². The fourth-order valence-electron chi connectivity index (χ4n) is 0.965. The number of amides is 1. The maximum atomic E-state index is 12.0. The van der Waals surface area contributed by atoms with Crippen molar-refractivity contribution in [1.29, 1.82) is 0 Å². The van der Waals surface area contributed by atoms with Gasteiger partial charge in [0.15, 0.2) is 0 Å². The molecule has 0 saturated heterocycles. The van der Waals surface area contributed by atoms with Gasteiger partial charge in [-0.1, -0.05) is 11.6 Å². The third kappa shape index (κ3) is 3.06. The molecule has 0 fully saturated rings. The first kappa shape index (κ1) is 11.7. The minimum Gasteiger partial charge on any atom is -0.495 e. The Morgan fingerprint density at radius 3 is 2.73 bits per heavy atom. The summed E-state index contributed by atoms with van der Waals surface area (Å²) in [6.45, 7) is 0. The highest BCUT2D eigenvalue weighted by Crippen LogP contribution is 2.27. The number of alkyl halides is 2. The molecule has 1 rings (SSSR count). The molecule has 0 spiro atoms. The second-order valence-corrected chi connectivity index (χ2v) is 3.07. The number of ether oxygens (including phenoxy) is 1. The van der Waals surface area contributed by atoms with Gasteiger partial charge in [-0.2, -0.15) is 8.78 Å². The molecule has 0 bridgehead atoms. The Kier molecular flexibility index (Phi) is 3.85. The Balaban J connectivity index is 2.92. The van der Waals surface area contributed by atoms with Crippen LogP contribution in [0, 0.1) is 0 Å². The molecule has 0 aliphatic carbocycles. The molecule has 0 radical (unpaired) electrons. The lowest BCUT2D eigenvalue weighted by molar-refractivity contribution is -0.126. The van der Waals surface area contributed by atoms with E-state index in [0.717, 1.165) is 0 Å². The highest BCUT2D eigenvalue weighted by Gasteiger charge is 2.17. The molecular formula is C9H8ClF2NO2. The number of carbonyl (C=O) groups is 1. The molecule has 0 saturated carbocycles. The Labute approximate surface area is 90.0 Å². The van der Waals surface area contributed by atoms with Crippen LogP contribution in [0.2, 0.25) is 5.02 Å². The van der Waals surface area contributed by atoms with Crippen molar-refractivity contribution in [3.63, 3.8) is 0 Å². The van der Waals surface area contributed by atoms with Crippen molar-refractivity contribution in [1.82, 2.24) is 0 Å². The summed E-state index contributed by atoms with van der Waals surface area (Å²) in [7, 11) is 1.36. The summed E-state index contributed by atoms with van der Waals surface area (Å²) in [4.78, 5) is 10.7. The number of carbonyl (C=O) groups excluding carboxylic acids is 1. The zero-order valence-electron chi connectivity index (χ0n) is 7.76. The topological polar surface area (TPSA) is 38.3 Å². The quantitative estimate of drug-likeness (QED) is 0.874. The van der Waals surface area contributed by atoms with Crippen LogP contribution >= 0.6 is 11.6 Å². The van der Waals surface area contributed by atoms with E-state index in [-0.39, 0.29) is 11.4 Å². The van der Waals surface area contributed by atoms with Crippen LogP contribution in [0.1, 0.15) is 0 Å². The lowest BCUT2D eigenvalue weighted by atomic mass is 10.3. The molecule has 6 heteroatoms. The van der Waals surface area contributed by atoms with E-state index in [1.165, 1.54) is 25.3 Å². The molecule has 0 aliphatic rings. The molecule has 1 aromatic carbocycles. The van der Waals surface area contributed by atoms with Gasteiger partial charge in [-0.05, 0) is 18.2 Å². The SMILES string of the molecule is COc1ccc(Cl)cc1NC(=O)C(F)F. The first-order chi connectivity index (χ1) is 7.04. The zero-order valence-corrected chi connectivity index (χ0v) is 8.52. The lowest BCUT2D eigenvalue weighted by Crippen LogP contribution is -2.20. The minimum absolute atomic E-state index is 0.121. The van der Waals surface area contributed by atoms with Gasteiger partial charge in [0, 0.05) is 5.02 Å². The predicted molar refractivity (Wildman–Crippen MR) is 52.6 cm³/mol. The summed E-state index contributed by atoms with van der Waals surface area (Å²) >= 11 is 5.64.